The van der Waals surface area contributed by atoms with E-state index in [1.807, 2.05) is 12.1 Å². The van der Waals surface area contributed by atoms with E-state index in [0.29, 0.717) is 22.5 Å². The molecular formula is C15H19ClN6O. The number of piperazine rings is 1. The van der Waals surface area contributed by atoms with Crippen molar-refractivity contribution < 1.29 is 4.74 Å². The molecule has 1 aromatic carbocycles. The van der Waals surface area contributed by atoms with E-state index in [0.717, 1.165) is 26.2 Å². The van der Waals surface area contributed by atoms with Crippen molar-refractivity contribution in [1.82, 2.24) is 19.9 Å². The summed E-state index contributed by atoms with van der Waals surface area (Å²) in [5, 5.41) is 0.550. The molecule has 0 radical (unpaired) electrons. The van der Waals surface area contributed by atoms with Gasteiger partial charge in [-0.3, -0.25) is 0 Å². The maximum absolute atomic E-state index is 6.07. The first kappa shape index (κ1) is 15.8. The van der Waals surface area contributed by atoms with Crippen LogP contribution in [-0.4, -0.2) is 53.1 Å². The van der Waals surface area contributed by atoms with Gasteiger partial charge in [0.2, 0.25) is 11.9 Å². The Kier molecular flexibility index (Phi) is 4.78. The van der Waals surface area contributed by atoms with E-state index in [1.165, 1.54) is 0 Å². The van der Waals surface area contributed by atoms with Gasteiger partial charge in [-0.1, -0.05) is 23.7 Å². The van der Waals surface area contributed by atoms with Crippen molar-refractivity contribution in [3.8, 4) is 5.75 Å². The molecule has 2 N–H and O–H groups in total. The van der Waals surface area contributed by atoms with Crippen LogP contribution in [0, 0.1) is 0 Å². The number of nitrogens with two attached hydrogens (primary N) is 1. The first-order valence-corrected chi connectivity index (χ1v) is 7.81. The lowest BCUT2D eigenvalue weighted by atomic mass is 10.3. The summed E-state index contributed by atoms with van der Waals surface area (Å²) in [5.41, 5.74) is 5.81. The summed E-state index contributed by atoms with van der Waals surface area (Å²) in [6.07, 6.45) is 0. The van der Waals surface area contributed by atoms with Gasteiger partial charge in [-0.15, -0.1) is 0 Å². The van der Waals surface area contributed by atoms with Crippen molar-refractivity contribution in [2.24, 2.45) is 0 Å². The number of aromatic nitrogens is 3. The fourth-order valence-corrected chi connectivity index (χ4v) is 2.53. The Morgan fingerprint density at radius 1 is 1.13 bits per heavy atom. The fraction of sp³-hybridized carbons (Fsp3) is 0.400. The van der Waals surface area contributed by atoms with E-state index < -0.39 is 0 Å². The minimum Gasteiger partial charge on any atom is -0.484 e. The van der Waals surface area contributed by atoms with Crippen LogP contribution < -0.4 is 15.4 Å². The van der Waals surface area contributed by atoms with Crippen molar-refractivity contribution in [2.75, 3.05) is 43.9 Å². The van der Waals surface area contributed by atoms with Gasteiger partial charge in [0, 0.05) is 26.2 Å². The lowest BCUT2D eigenvalue weighted by molar-refractivity contribution is 0.294. The molecular weight excluding hydrogens is 316 g/mol. The van der Waals surface area contributed by atoms with Gasteiger partial charge in [-0.05, 0) is 19.2 Å². The molecule has 1 aliphatic rings. The minimum atomic E-state index is 0.192. The summed E-state index contributed by atoms with van der Waals surface area (Å²) in [6, 6.07) is 7.28. The number of halogens is 1. The Balaban J connectivity index is 1.71. The summed E-state index contributed by atoms with van der Waals surface area (Å²) in [4.78, 5) is 17.2. The van der Waals surface area contributed by atoms with Crippen LogP contribution in [0.2, 0.25) is 5.02 Å². The number of para-hydroxylation sites is 1. The lowest BCUT2D eigenvalue weighted by Crippen LogP contribution is -2.45. The van der Waals surface area contributed by atoms with Crippen molar-refractivity contribution >= 4 is 23.5 Å². The van der Waals surface area contributed by atoms with E-state index in [1.54, 1.807) is 12.1 Å². The molecule has 8 heteroatoms. The first-order chi connectivity index (χ1) is 11.1. The highest BCUT2D eigenvalue weighted by molar-refractivity contribution is 6.32. The zero-order valence-corrected chi connectivity index (χ0v) is 13.7. The number of nitrogen functional groups attached to an aromatic ring is 1. The molecule has 1 aliphatic heterocycles. The van der Waals surface area contributed by atoms with E-state index in [9.17, 15) is 0 Å². The highest BCUT2D eigenvalue weighted by Crippen LogP contribution is 2.24. The Hall–Kier alpha value is -2.12. The second-order valence-corrected chi connectivity index (χ2v) is 5.83. The normalized spacial score (nSPS) is 15.7. The Bertz CT molecular complexity index is 675. The summed E-state index contributed by atoms with van der Waals surface area (Å²) < 4.78 is 5.67. The number of benzene rings is 1. The van der Waals surface area contributed by atoms with Gasteiger partial charge in [0.25, 0.3) is 0 Å². The van der Waals surface area contributed by atoms with Crippen molar-refractivity contribution in [3.63, 3.8) is 0 Å². The average Bonchev–Trinajstić information content (AvgIpc) is 2.54. The van der Waals surface area contributed by atoms with Crippen LogP contribution in [-0.2, 0) is 6.61 Å². The molecule has 2 heterocycles. The summed E-state index contributed by atoms with van der Waals surface area (Å²) in [5.74, 6) is 1.88. The number of rotatable bonds is 4. The van der Waals surface area contributed by atoms with Crippen LogP contribution in [0.25, 0.3) is 0 Å². The Morgan fingerprint density at radius 3 is 2.61 bits per heavy atom. The van der Waals surface area contributed by atoms with Crippen LogP contribution in [0.15, 0.2) is 24.3 Å². The highest BCUT2D eigenvalue weighted by atomic mass is 35.5. The van der Waals surface area contributed by atoms with Crippen LogP contribution in [0.3, 0.4) is 0 Å². The van der Waals surface area contributed by atoms with Gasteiger partial charge in [-0.25, -0.2) is 0 Å². The minimum absolute atomic E-state index is 0.192. The standard InChI is InChI=1S/C15H19ClN6O/c1-21-6-8-22(9-7-21)15-19-13(18-14(17)20-15)10-23-12-5-3-2-4-11(12)16/h2-5H,6-10H2,1H3,(H2,17,18,19,20). The molecule has 122 valence electrons. The van der Waals surface area contributed by atoms with Crippen molar-refractivity contribution in [2.45, 2.75) is 6.61 Å². The SMILES string of the molecule is CN1CCN(c2nc(N)nc(COc3ccccc3Cl)n2)CC1. The maximum Gasteiger partial charge on any atom is 0.230 e. The van der Waals surface area contributed by atoms with Gasteiger partial charge in [0.05, 0.1) is 5.02 Å². The molecule has 0 spiro atoms. The topological polar surface area (TPSA) is 80.4 Å². The predicted molar refractivity (Wildman–Crippen MR) is 89.7 cm³/mol. The molecule has 0 saturated carbocycles. The second-order valence-electron chi connectivity index (χ2n) is 5.42. The van der Waals surface area contributed by atoms with Gasteiger partial charge in [-0.2, -0.15) is 15.0 Å². The molecule has 3 rings (SSSR count). The third kappa shape index (κ3) is 4.00. The van der Waals surface area contributed by atoms with Crippen molar-refractivity contribution in [1.29, 1.82) is 0 Å². The quantitative estimate of drug-likeness (QED) is 0.906. The summed E-state index contributed by atoms with van der Waals surface area (Å²) >= 11 is 6.07. The highest BCUT2D eigenvalue weighted by Gasteiger charge is 2.18. The van der Waals surface area contributed by atoms with Gasteiger partial charge >= 0.3 is 0 Å². The molecule has 2 aromatic rings. The van der Waals surface area contributed by atoms with Gasteiger partial charge < -0.3 is 20.3 Å². The second kappa shape index (κ2) is 6.97. The van der Waals surface area contributed by atoms with Gasteiger partial charge in [0.1, 0.15) is 12.4 Å². The van der Waals surface area contributed by atoms with Crippen molar-refractivity contribution in [3.05, 3.63) is 35.1 Å². The summed E-state index contributed by atoms with van der Waals surface area (Å²) in [7, 11) is 2.10. The molecule has 1 aromatic heterocycles. The molecule has 1 fully saturated rings. The summed E-state index contributed by atoms with van der Waals surface area (Å²) in [6.45, 7) is 3.86. The molecule has 0 aliphatic carbocycles. The van der Waals surface area contributed by atoms with Crippen LogP contribution in [0.5, 0.6) is 5.75 Å². The molecule has 23 heavy (non-hydrogen) atoms. The first-order valence-electron chi connectivity index (χ1n) is 7.43. The number of anilines is 2. The molecule has 0 amide bonds. The van der Waals surface area contributed by atoms with Crippen LogP contribution >= 0.6 is 11.6 Å². The maximum atomic E-state index is 6.07. The smallest absolute Gasteiger partial charge is 0.230 e. The van der Waals surface area contributed by atoms with Gasteiger partial charge in [0.15, 0.2) is 5.82 Å². The molecule has 7 nitrogen and oxygen atoms in total. The molecule has 0 unspecified atom stereocenters. The molecule has 1 saturated heterocycles. The van der Waals surface area contributed by atoms with E-state index in [4.69, 9.17) is 22.1 Å². The number of nitrogens with zero attached hydrogens (tertiary/aromatic N) is 5. The van der Waals surface area contributed by atoms with E-state index in [2.05, 4.69) is 31.8 Å². The zero-order valence-electron chi connectivity index (χ0n) is 12.9. The van der Waals surface area contributed by atoms with E-state index in [-0.39, 0.29) is 12.6 Å². The lowest BCUT2D eigenvalue weighted by Gasteiger charge is -2.32. The van der Waals surface area contributed by atoms with Crippen LogP contribution in [0.1, 0.15) is 5.82 Å². The number of hydrogen-bond acceptors (Lipinski definition) is 7. The molecule has 0 atom stereocenters. The number of ether oxygens (including phenoxy) is 1. The third-order valence-electron chi connectivity index (χ3n) is 3.67. The Morgan fingerprint density at radius 2 is 1.87 bits per heavy atom. The fourth-order valence-electron chi connectivity index (χ4n) is 2.34. The largest absolute Gasteiger partial charge is 0.484 e. The average molecular weight is 335 g/mol. The number of likely N-dealkylation sites (N-methyl/N-ethyl adjacent to an activating group) is 1. The zero-order chi connectivity index (χ0) is 16.2. The number of hydrogen-bond donors (Lipinski definition) is 1. The Labute approximate surface area is 140 Å². The third-order valence-corrected chi connectivity index (χ3v) is 3.98. The van der Waals surface area contributed by atoms with E-state index >= 15 is 0 Å². The monoisotopic (exact) mass is 334 g/mol. The van der Waals surface area contributed by atoms with Crippen LogP contribution in [0.4, 0.5) is 11.9 Å². The predicted octanol–water partition coefficient (Wildman–Crippen LogP) is 1.44. The molecule has 0 bridgehead atoms.